The highest BCUT2D eigenvalue weighted by molar-refractivity contribution is 6.02. The van der Waals surface area contributed by atoms with E-state index in [9.17, 15) is 9.59 Å². The number of nitrogens with one attached hydrogen (secondary N) is 1. The van der Waals surface area contributed by atoms with E-state index in [4.69, 9.17) is 4.74 Å². The molecule has 0 aliphatic carbocycles. The van der Waals surface area contributed by atoms with Gasteiger partial charge in [-0.05, 0) is 55.8 Å². The zero-order valence-corrected chi connectivity index (χ0v) is 15.0. The van der Waals surface area contributed by atoms with E-state index < -0.39 is 0 Å². The van der Waals surface area contributed by atoms with E-state index in [1.807, 2.05) is 37.3 Å². The second-order valence-electron chi connectivity index (χ2n) is 6.26. The minimum Gasteiger partial charge on any atom is -0.496 e. The summed E-state index contributed by atoms with van der Waals surface area (Å²) in [7, 11) is 1.61. The quantitative estimate of drug-likeness (QED) is 0.835. The summed E-state index contributed by atoms with van der Waals surface area (Å²) in [6.07, 6.45) is 4.71. The van der Waals surface area contributed by atoms with E-state index in [2.05, 4.69) is 5.32 Å². The second kappa shape index (κ2) is 7.87. The molecule has 1 fully saturated rings. The van der Waals surface area contributed by atoms with Crippen LogP contribution in [0, 0.1) is 6.92 Å². The summed E-state index contributed by atoms with van der Waals surface area (Å²) in [5.74, 6) is 0.648. The Hall–Kier alpha value is -3.08. The Labute approximate surface area is 153 Å². The molecule has 0 spiro atoms. The molecule has 5 nitrogen and oxygen atoms in total. The Kier molecular flexibility index (Phi) is 5.37. The summed E-state index contributed by atoms with van der Waals surface area (Å²) in [4.78, 5) is 25.7. The molecule has 0 bridgehead atoms. The number of nitrogens with zero attached hydrogens (tertiary/aromatic N) is 1. The number of anilines is 2. The first kappa shape index (κ1) is 17.7. The topological polar surface area (TPSA) is 58.6 Å². The smallest absolute Gasteiger partial charge is 0.248 e. The molecule has 5 heteroatoms. The van der Waals surface area contributed by atoms with Gasteiger partial charge in [-0.3, -0.25) is 9.59 Å². The number of aryl methyl sites for hydroxylation is 1. The van der Waals surface area contributed by atoms with Gasteiger partial charge in [0.1, 0.15) is 5.75 Å². The molecule has 1 aliphatic rings. The molecule has 1 saturated heterocycles. The maximum absolute atomic E-state index is 12.2. The van der Waals surface area contributed by atoms with Gasteiger partial charge in [0.15, 0.2) is 0 Å². The molecule has 3 rings (SSSR count). The zero-order valence-electron chi connectivity index (χ0n) is 15.0. The molecule has 2 aromatic rings. The van der Waals surface area contributed by atoms with Crippen molar-refractivity contribution >= 4 is 29.3 Å². The van der Waals surface area contributed by atoms with Gasteiger partial charge < -0.3 is 15.0 Å². The normalized spacial score (nSPS) is 14.1. The molecule has 0 unspecified atom stereocenters. The summed E-state index contributed by atoms with van der Waals surface area (Å²) >= 11 is 0. The first-order chi connectivity index (χ1) is 12.6. The van der Waals surface area contributed by atoms with E-state index in [1.165, 1.54) is 6.08 Å². The summed E-state index contributed by atoms with van der Waals surface area (Å²) in [5.41, 5.74) is 3.50. The van der Waals surface area contributed by atoms with Crippen molar-refractivity contribution in [3.05, 3.63) is 59.7 Å². The molecule has 0 radical (unpaired) electrons. The number of carbonyl (C=O) groups is 2. The Morgan fingerprint density at radius 2 is 1.96 bits per heavy atom. The fourth-order valence-electron chi connectivity index (χ4n) is 2.98. The van der Waals surface area contributed by atoms with E-state index >= 15 is 0 Å². The first-order valence-corrected chi connectivity index (χ1v) is 8.61. The van der Waals surface area contributed by atoms with Gasteiger partial charge in [0.25, 0.3) is 0 Å². The zero-order chi connectivity index (χ0) is 18.5. The third kappa shape index (κ3) is 4.11. The van der Waals surface area contributed by atoms with Gasteiger partial charge in [-0.15, -0.1) is 0 Å². The standard InChI is InChI=1S/C21H22N2O3/c1-15-5-11-19(26-2)16(14-15)6-12-20(24)22-17-7-9-18(10-8-17)23-13-3-4-21(23)25/h5-12,14H,3-4,13H2,1-2H3,(H,22,24)/b12-6+. The van der Waals surface area contributed by atoms with Gasteiger partial charge in [0.2, 0.25) is 11.8 Å². The molecule has 134 valence electrons. The lowest BCUT2D eigenvalue weighted by atomic mass is 10.1. The maximum Gasteiger partial charge on any atom is 0.248 e. The molecule has 2 amide bonds. The number of ether oxygens (including phenoxy) is 1. The first-order valence-electron chi connectivity index (χ1n) is 8.61. The van der Waals surface area contributed by atoms with Crippen LogP contribution in [0.3, 0.4) is 0 Å². The Bertz CT molecular complexity index is 841. The van der Waals surface area contributed by atoms with Crippen LogP contribution in [0.25, 0.3) is 6.08 Å². The third-order valence-corrected chi connectivity index (χ3v) is 4.32. The molecule has 1 aliphatic heterocycles. The van der Waals surface area contributed by atoms with Crippen molar-refractivity contribution in [2.24, 2.45) is 0 Å². The molecule has 0 atom stereocenters. The van der Waals surface area contributed by atoms with E-state index in [0.717, 1.165) is 35.5 Å². The lowest BCUT2D eigenvalue weighted by molar-refractivity contribution is -0.117. The number of carbonyl (C=O) groups excluding carboxylic acids is 2. The SMILES string of the molecule is COc1ccc(C)cc1/C=C/C(=O)Nc1ccc(N2CCCC2=O)cc1. The maximum atomic E-state index is 12.2. The van der Waals surface area contributed by atoms with Crippen LogP contribution in [0.5, 0.6) is 5.75 Å². The monoisotopic (exact) mass is 350 g/mol. The van der Waals surface area contributed by atoms with Crippen LogP contribution >= 0.6 is 0 Å². The van der Waals surface area contributed by atoms with Gasteiger partial charge in [-0.2, -0.15) is 0 Å². The predicted molar refractivity (Wildman–Crippen MR) is 103 cm³/mol. The van der Waals surface area contributed by atoms with Crippen molar-refractivity contribution in [2.75, 3.05) is 23.9 Å². The Morgan fingerprint density at radius 3 is 2.62 bits per heavy atom. The van der Waals surface area contributed by atoms with Gasteiger partial charge in [-0.1, -0.05) is 11.6 Å². The largest absolute Gasteiger partial charge is 0.496 e. The van der Waals surface area contributed by atoms with Crippen molar-refractivity contribution in [2.45, 2.75) is 19.8 Å². The number of hydrogen-bond acceptors (Lipinski definition) is 3. The van der Waals surface area contributed by atoms with Crippen molar-refractivity contribution in [1.82, 2.24) is 0 Å². The van der Waals surface area contributed by atoms with Crippen molar-refractivity contribution in [3.8, 4) is 5.75 Å². The summed E-state index contributed by atoms with van der Waals surface area (Å²) in [6, 6.07) is 13.1. The number of amides is 2. The van der Waals surface area contributed by atoms with Crippen LogP contribution < -0.4 is 15.0 Å². The molecule has 1 N–H and O–H groups in total. The predicted octanol–water partition coefficient (Wildman–Crippen LogP) is 3.78. The van der Waals surface area contributed by atoms with E-state index in [-0.39, 0.29) is 11.8 Å². The fraction of sp³-hybridized carbons (Fsp3) is 0.238. The highest BCUT2D eigenvalue weighted by Crippen LogP contribution is 2.23. The van der Waals surface area contributed by atoms with Crippen LogP contribution in [-0.4, -0.2) is 25.5 Å². The Balaban J connectivity index is 1.65. The lowest BCUT2D eigenvalue weighted by Gasteiger charge is -2.15. The number of hydrogen-bond donors (Lipinski definition) is 1. The van der Waals surface area contributed by atoms with Gasteiger partial charge in [-0.25, -0.2) is 0 Å². The number of rotatable bonds is 5. The van der Waals surface area contributed by atoms with Crippen molar-refractivity contribution in [1.29, 1.82) is 0 Å². The van der Waals surface area contributed by atoms with Crippen LogP contribution in [0.15, 0.2) is 48.5 Å². The lowest BCUT2D eigenvalue weighted by Crippen LogP contribution is -2.23. The molecule has 2 aromatic carbocycles. The summed E-state index contributed by atoms with van der Waals surface area (Å²) < 4.78 is 5.31. The van der Waals surface area contributed by atoms with Crippen LogP contribution in [0.2, 0.25) is 0 Å². The highest BCUT2D eigenvalue weighted by atomic mass is 16.5. The minimum atomic E-state index is -0.224. The van der Waals surface area contributed by atoms with Crippen LogP contribution in [0.4, 0.5) is 11.4 Å². The molecule has 26 heavy (non-hydrogen) atoms. The average Bonchev–Trinajstić information content (AvgIpc) is 3.07. The second-order valence-corrected chi connectivity index (χ2v) is 6.26. The van der Waals surface area contributed by atoms with Gasteiger partial charge >= 0.3 is 0 Å². The molecule has 1 heterocycles. The molecular weight excluding hydrogens is 328 g/mol. The molecular formula is C21H22N2O3. The summed E-state index contributed by atoms with van der Waals surface area (Å²) in [6.45, 7) is 2.75. The van der Waals surface area contributed by atoms with E-state index in [1.54, 1.807) is 30.2 Å². The van der Waals surface area contributed by atoms with Crippen molar-refractivity contribution in [3.63, 3.8) is 0 Å². The fourth-order valence-corrected chi connectivity index (χ4v) is 2.98. The van der Waals surface area contributed by atoms with Gasteiger partial charge in [0.05, 0.1) is 7.11 Å². The highest BCUT2D eigenvalue weighted by Gasteiger charge is 2.21. The van der Waals surface area contributed by atoms with E-state index in [0.29, 0.717) is 12.1 Å². The molecule has 0 saturated carbocycles. The summed E-state index contributed by atoms with van der Waals surface area (Å²) in [5, 5.41) is 2.82. The average molecular weight is 350 g/mol. The van der Waals surface area contributed by atoms with Gasteiger partial charge in [0, 0.05) is 36.0 Å². The minimum absolute atomic E-state index is 0.150. The van der Waals surface area contributed by atoms with Crippen LogP contribution in [-0.2, 0) is 9.59 Å². The third-order valence-electron chi connectivity index (χ3n) is 4.32. The van der Waals surface area contributed by atoms with Crippen molar-refractivity contribution < 1.29 is 14.3 Å². The number of methoxy groups -OCH3 is 1. The number of benzene rings is 2. The molecule has 0 aromatic heterocycles. The Morgan fingerprint density at radius 1 is 1.19 bits per heavy atom. The van der Waals surface area contributed by atoms with Crippen LogP contribution in [0.1, 0.15) is 24.0 Å².